The number of benzene rings is 1. The van der Waals surface area contributed by atoms with Crippen LogP contribution >= 0.6 is 0 Å². The largest absolute Gasteiger partial charge is 0.346 e. The van der Waals surface area contributed by atoms with E-state index in [0.29, 0.717) is 6.54 Å². The van der Waals surface area contributed by atoms with Crippen LogP contribution in [0.4, 0.5) is 0 Å². The number of nitrogens with one attached hydrogen (secondary N) is 1. The van der Waals surface area contributed by atoms with Crippen LogP contribution in [0, 0.1) is 13.8 Å². The first kappa shape index (κ1) is 12.4. The highest BCUT2D eigenvalue weighted by Gasteiger charge is 2.09. The average molecular weight is 243 g/mol. The molecule has 0 spiro atoms. The summed E-state index contributed by atoms with van der Waals surface area (Å²) in [4.78, 5) is 12.0. The van der Waals surface area contributed by atoms with E-state index in [1.54, 1.807) is 4.68 Å². The number of carbonyl (C=O) groups excluding carboxylic acids is 1. The molecule has 94 valence electrons. The summed E-state index contributed by atoms with van der Waals surface area (Å²) in [6.07, 6.45) is 0. The molecule has 0 aliphatic heterocycles. The summed E-state index contributed by atoms with van der Waals surface area (Å²) in [5, 5.41) is 7.16. The summed E-state index contributed by atoms with van der Waals surface area (Å²) in [6.45, 7) is 4.36. The van der Waals surface area contributed by atoms with Crippen molar-refractivity contribution in [1.29, 1.82) is 0 Å². The average Bonchev–Trinajstić information content (AvgIpc) is 2.65. The predicted octanol–water partition coefficient (Wildman–Crippen LogP) is 1.97. The number of hydrogen-bond acceptors (Lipinski definition) is 2. The lowest BCUT2D eigenvalue weighted by molar-refractivity contribution is 0.0949. The zero-order valence-corrected chi connectivity index (χ0v) is 10.9. The first-order valence-corrected chi connectivity index (χ1v) is 5.91. The van der Waals surface area contributed by atoms with Crippen LogP contribution in [0.15, 0.2) is 30.3 Å². The van der Waals surface area contributed by atoms with Gasteiger partial charge in [0.15, 0.2) is 0 Å². The number of rotatable bonds is 3. The van der Waals surface area contributed by atoms with Crippen LogP contribution in [0.2, 0.25) is 0 Å². The molecule has 2 rings (SSSR count). The lowest BCUT2D eigenvalue weighted by Gasteiger charge is -2.07. The molecule has 0 radical (unpaired) electrons. The van der Waals surface area contributed by atoms with Crippen molar-refractivity contribution in [3.05, 3.63) is 52.8 Å². The van der Waals surface area contributed by atoms with Crippen molar-refractivity contribution in [3.8, 4) is 0 Å². The van der Waals surface area contributed by atoms with Crippen molar-refractivity contribution in [2.24, 2.45) is 7.05 Å². The monoisotopic (exact) mass is 243 g/mol. The van der Waals surface area contributed by atoms with E-state index in [1.807, 2.05) is 51.2 Å². The summed E-state index contributed by atoms with van der Waals surface area (Å²) in [6, 6.07) is 9.53. The first-order chi connectivity index (χ1) is 8.58. The normalized spacial score (nSPS) is 10.4. The van der Waals surface area contributed by atoms with Crippen molar-refractivity contribution in [3.63, 3.8) is 0 Å². The van der Waals surface area contributed by atoms with Crippen LogP contribution in [0.1, 0.15) is 27.3 Å². The Balaban J connectivity index is 2.05. The number of hydrogen-bond donors (Lipinski definition) is 1. The molecule has 1 N–H and O–H groups in total. The van der Waals surface area contributed by atoms with E-state index in [9.17, 15) is 4.79 Å². The van der Waals surface area contributed by atoms with E-state index < -0.39 is 0 Å². The molecule has 0 fully saturated rings. The summed E-state index contributed by atoms with van der Waals surface area (Å²) in [7, 11) is 1.88. The molecule has 0 atom stereocenters. The van der Waals surface area contributed by atoms with Gasteiger partial charge in [0.05, 0.1) is 17.9 Å². The molecule has 1 amide bonds. The third kappa shape index (κ3) is 2.59. The number of carbonyl (C=O) groups is 1. The Morgan fingerprint density at radius 1 is 1.33 bits per heavy atom. The maximum atomic E-state index is 12.0. The van der Waals surface area contributed by atoms with Gasteiger partial charge in [0.2, 0.25) is 0 Å². The third-order valence-corrected chi connectivity index (χ3v) is 2.92. The van der Waals surface area contributed by atoms with E-state index in [1.165, 1.54) is 0 Å². The zero-order chi connectivity index (χ0) is 13.1. The van der Waals surface area contributed by atoms with E-state index in [4.69, 9.17) is 0 Å². The van der Waals surface area contributed by atoms with Gasteiger partial charge in [0.25, 0.3) is 5.91 Å². The highest BCUT2D eigenvalue weighted by molar-refractivity contribution is 5.95. The Morgan fingerprint density at radius 2 is 2.06 bits per heavy atom. The van der Waals surface area contributed by atoms with Crippen molar-refractivity contribution in [1.82, 2.24) is 15.1 Å². The first-order valence-electron chi connectivity index (χ1n) is 5.91. The van der Waals surface area contributed by atoms with Crippen LogP contribution in [-0.4, -0.2) is 15.7 Å². The minimum absolute atomic E-state index is 0.0491. The third-order valence-electron chi connectivity index (χ3n) is 2.92. The Hall–Kier alpha value is -2.10. The van der Waals surface area contributed by atoms with Crippen LogP contribution in [0.25, 0.3) is 0 Å². The minimum atomic E-state index is -0.0491. The van der Waals surface area contributed by atoms with Crippen molar-refractivity contribution >= 4 is 5.91 Å². The molecular formula is C14H17N3O. The fourth-order valence-electron chi connectivity index (χ4n) is 1.92. The second-order valence-electron chi connectivity index (χ2n) is 4.40. The van der Waals surface area contributed by atoms with Gasteiger partial charge in [0, 0.05) is 12.6 Å². The topological polar surface area (TPSA) is 46.9 Å². The van der Waals surface area contributed by atoms with Gasteiger partial charge in [-0.05, 0) is 31.5 Å². The van der Waals surface area contributed by atoms with Crippen LogP contribution < -0.4 is 5.32 Å². The maximum Gasteiger partial charge on any atom is 0.251 e. The van der Waals surface area contributed by atoms with E-state index in [-0.39, 0.29) is 5.91 Å². The molecule has 1 heterocycles. The van der Waals surface area contributed by atoms with Crippen LogP contribution in [0.5, 0.6) is 0 Å². The van der Waals surface area contributed by atoms with Gasteiger partial charge in [-0.25, -0.2) is 0 Å². The van der Waals surface area contributed by atoms with Gasteiger partial charge in [-0.3, -0.25) is 9.48 Å². The molecule has 0 aliphatic rings. The van der Waals surface area contributed by atoms with E-state index >= 15 is 0 Å². The summed E-state index contributed by atoms with van der Waals surface area (Å²) in [5.74, 6) is -0.0491. The molecule has 18 heavy (non-hydrogen) atoms. The molecule has 4 nitrogen and oxygen atoms in total. The number of aromatic nitrogens is 2. The molecule has 2 aromatic rings. The number of aryl methyl sites for hydroxylation is 3. The summed E-state index contributed by atoms with van der Waals surface area (Å²) < 4.78 is 1.79. The van der Waals surface area contributed by atoms with Gasteiger partial charge in [0.1, 0.15) is 0 Å². The van der Waals surface area contributed by atoms with Gasteiger partial charge in [-0.2, -0.15) is 5.10 Å². The highest BCUT2D eigenvalue weighted by atomic mass is 16.1. The van der Waals surface area contributed by atoms with Crippen molar-refractivity contribution in [2.75, 3.05) is 0 Å². The van der Waals surface area contributed by atoms with Gasteiger partial charge >= 0.3 is 0 Å². The zero-order valence-electron chi connectivity index (χ0n) is 10.9. The molecule has 1 aromatic carbocycles. The highest BCUT2D eigenvalue weighted by Crippen LogP contribution is 2.07. The Morgan fingerprint density at radius 3 is 2.67 bits per heavy atom. The molecule has 0 aliphatic carbocycles. The molecule has 0 saturated carbocycles. The summed E-state index contributed by atoms with van der Waals surface area (Å²) in [5.41, 5.74) is 3.65. The molecule has 0 bridgehead atoms. The standard InChI is InChI=1S/C14H17N3O/c1-10-6-4-5-7-13(10)14(18)15-9-12-8-11(2)16-17(12)3/h4-8H,9H2,1-3H3,(H,15,18). The fourth-order valence-corrected chi connectivity index (χ4v) is 1.92. The van der Waals surface area contributed by atoms with Crippen molar-refractivity contribution < 1.29 is 4.79 Å². The lowest BCUT2D eigenvalue weighted by Crippen LogP contribution is -2.24. The van der Waals surface area contributed by atoms with Crippen LogP contribution in [0.3, 0.4) is 0 Å². The molecule has 4 heteroatoms. The van der Waals surface area contributed by atoms with Gasteiger partial charge in [-0.1, -0.05) is 18.2 Å². The molecule has 0 unspecified atom stereocenters. The number of amides is 1. The minimum Gasteiger partial charge on any atom is -0.346 e. The Labute approximate surface area is 107 Å². The summed E-state index contributed by atoms with van der Waals surface area (Å²) >= 11 is 0. The predicted molar refractivity (Wildman–Crippen MR) is 70.3 cm³/mol. The van der Waals surface area contributed by atoms with Gasteiger partial charge in [-0.15, -0.1) is 0 Å². The van der Waals surface area contributed by atoms with E-state index in [0.717, 1.165) is 22.5 Å². The second-order valence-corrected chi connectivity index (χ2v) is 4.40. The molecular weight excluding hydrogens is 226 g/mol. The molecule has 1 aromatic heterocycles. The Bertz CT molecular complexity index is 572. The van der Waals surface area contributed by atoms with Crippen molar-refractivity contribution in [2.45, 2.75) is 20.4 Å². The molecule has 0 saturated heterocycles. The second kappa shape index (κ2) is 5.04. The number of nitrogens with zero attached hydrogens (tertiary/aromatic N) is 2. The Kier molecular flexibility index (Phi) is 3.46. The van der Waals surface area contributed by atoms with Gasteiger partial charge < -0.3 is 5.32 Å². The van der Waals surface area contributed by atoms with Crippen LogP contribution in [-0.2, 0) is 13.6 Å². The lowest BCUT2D eigenvalue weighted by atomic mass is 10.1. The quantitative estimate of drug-likeness (QED) is 0.895. The fraction of sp³-hybridized carbons (Fsp3) is 0.286. The SMILES string of the molecule is Cc1cc(CNC(=O)c2ccccc2C)n(C)n1. The maximum absolute atomic E-state index is 12.0. The smallest absolute Gasteiger partial charge is 0.251 e. The van der Waals surface area contributed by atoms with E-state index in [2.05, 4.69) is 10.4 Å².